The van der Waals surface area contributed by atoms with E-state index in [0.29, 0.717) is 13.0 Å². The molecule has 0 aliphatic carbocycles. The smallest absolute Gasteiger partial charge is 0.119 e. The molecule has 0 aliphatic rings. The fourth-order valence-corrected chi connectivity index (χ4v) is 2.22. The summed E-state index contributed by atoms with van der Waals surface area (Å²) in [5, 5.41) is 8.78. The Morgan fingerprint density at radius 1 is 1.10 bits per heavy atom. The molecule has 0 amide bonds. The molecule has 0 heterocycles. The molecule has 0 saturated carbocycles. The summed E-state index contributed by atoms with van der Waals surface area (Å²) in [4.78, 5) is 1.22. The number of rotatable bonds is 5. The molecule has 0 bridgehead atoms. The van der Waals surface area contributed by atoms with Crippen LogP contribution in [0, 0.1) is 11.8 Å². The summed E-state index contributed by atoms with van der Waals surface area (Å²) in [7, 11) is 0. The van der Waals surface area contributed by atoms with Crippen LogP contribution in [0.15, 0.2) is 53.4 Å². The molecule has 1 N–H and O–H groups in total. The van der Waals surface area contributed by atoms with Crippen molar-refractivity contribution in [3.05, 3.63) is 59.7 Å². The van der Waals surface area contributed by atoms with Gasteiger partial charge in [0.15, 0.2) is 0 Å². The molecule has 0 saturated heterocycles. The zero-order chi connectivity index (χ0) is 14.9. The highest BCUT2D eigenvalue weighted by Crippen LogP contribution is 2.20. The number of aliphatic hydroxyl groups excluding tert-OH is 1. The van der Waals surface area contributed by atoms with Gasteiger partial charge in [-0.15, -0.1) is 11.8 Å². The van der Waals surface area contributed by atoms with Crippen LogP contribution in [-0.4, -0.2) is 18.0 Å². The van der Waals surface area contributed by atoms with Crippen LogP contribution >= 0.6 is 11.8 Å². The number of thioether (sulfide) groups is 1. The van der Waals surface area contributed by atoms with Crippen LogP contribution in [-0.2, 0) is 6.61 Å². The van der Waals surface area contributed by atoms with Crippen molar-refractivity contribution in [2.75, 3.05) is 12.9 Å². The molecule has 0 atom stereocenters. The number of benzene rings is 2. The van der Waals surface area contributed by atoms with Crippen molar-refractivity contribution in [3.63, 3.8) is 0 Å². The summed E-state index contributed by atoms with van der Waals surface area (Å²) in [6.07, 6.45) is 2.54. The molecule has 0 unspecified atom stereocenters. The topological polar surface area (TPSA) is 29.5 Å². The van der Waals surface area contributed by atoms with E-state index in [4.69, 9.17) is 9.84 Å². The monoisotopic (exact) mass is 298 g/mol. The van der Waals surface area contributed by atoms with Gasteiger partial charge in [-0.2, -0.15) is 0 Å². The van der Waals surface area contributed by atoms with E-state index in [1.807, 2.05) is 48.5 Å². The normalized spacial score (nSPS) is 9.81. The van der Waals surface area contributed by atoms with Crippen LogP contribution in [0.3, 0.4) is 0 Å². The quantitative estimate of drug-likeness (QED) is 0.674. The van der Waals surface area contributed by atoms with E-state index in [9.17, 15) is 0 Å². The standard InChI is InChI=1S/C18H18O2S/c1-21-18-11-9-17(10-12-18)20-14-16-8-3-2-6-15(16)7-4-5-13-19/h2-3,6,8-12,19H,5,13-14H2,1H3. The van der Waals surface area contributed by atoms with Crippen molar-refractivity contribution in [2.45, 2.75) is 17.9 Å². The van der Waals surface area contributed by atoms with Crippen LogP contribution in [0.5, 0.6) is 5.75 Å². The first-order valence-corrected chi connectivity index (χ1v) is 8.00. The van der Waals surface area contributed by atoms with E-state index in [1.54, 1.807) is 11.8 Å². The molecule has 2 aromatic carbocycles. The Balaban J connectivity index is 2.04. The SMILES string of the molecule is CSc1ccc(OCc2ccccc2C#CCCO)cc1. The van der Waals surface area contributed by atoms with Crippen molar-refractivity contribution in [3.8, 4) is 17.6 Å². The molecule has 2 rings (SSSR count). The molecule has 108 valence electrons. The third-order valence-electron chi connectivity index (χ3n) is 2.93. The Labute approximate surface area is 130 Å². The number of ether oxygens (including phenoxy) is 1. The maximum atomic E-state index is 8.78. The van der Waals surface area contributed by atoms with Gasteiger partial charge in [-0.25, -0.2) is 0 Å². The molecule has 0 spiro atoms. The predicted molar refractivity (Wildman–Crippen MR) is 87.6 cm³/mol. The summed E-state index contributed by atoms with van der Waals surface area (Å²) in [6.45, 7) is 0.579. The summed E-state index contributed by atoms with van der Waals surface area (Å²) >= 11 is 1.71. The van der Waals surface area contributed by atoms with E-state index < -0.39 is 0 Å². The molecule has 0 aromatic heterocycles. The molecule has 3 heteroatoms. The molecule has 21 heavy (non-hydrogen) atoms. The van der Waals surface area contributed by atoms with Gasteiger partial charge >= 0.3 is 0 Å². The van der Waals surface area contributed by atoms with Crippen LogP contribution < -0.4 is 4.74 Å². The summed E-state index contributed by atoms with van der Waals surface area (Å²) in [5.74, 6) is 6.87. The lowest BCUT2D eigenvalue weighted by Gasteiger charge is -2.08. The fourth-order valence-electron chi connectivity index (χ4n) is 1.81. The second-order valence-electron chi connectivity index (χ2n) is 4.40. The Morgan fingerprint density at radius 3 is 2.57 bits per heavy atom. The Bertz CT molecular complexity index is 624. The predicted octanol–water partition coefficient (Wildman–Crippen LogP) is 3.72. The van der Waals surface area contributed by atoms with Crippen molar-refractivity contribution in [1.29, 1.82) is 0 Å². The van der Waals surface area contributed by atoms with Gasteiger partial charge in [-0.05, 0) is 36.6 Å². The lowest BCUT2D eigenvalue weighted by Crippen LogP contribution is -1.98. The number of hydrogen-bond acceptors (Lipinski definition) is 3. The Morgan fingerprint density at radius 2 is 1.86 bits per heavy atom. The first-order chi connectivity index (χ1) is 10.3. The van der Waals surface area contributed by atoms with Crippen molar-refractivity contribution in [1.82, 2.24) is 0 Å². The third-order valence-corrected chi connectivity index (χ3v) is 3.67. The minimum atomic E-state index is 0.0907. The van der Waals surface area contributed by atoms with Crippen LogP contribution in [0.1, 0.15) is 17.5 Å². The second kappa shape index (κ2) is 8.41. The van der Waals surface area contributed by atoms with Gasteiger partial charge in [-0.3, -0.25) is 0 Å². The highest BCUT2D eigenvalue weighted by Gasteiger charge is 2.01. The minimum absolute atomic E-state index is 0.0907. The van der Waals surface area contributed by atoms with E-state index in [2.05, 4.69) is 18.1 Å². The van der Waals surface area contributed by atoms with Gasteiger partial charge in [0.25, 0.3) is 0 Å². The molecular weight excluding hydrogens is 280 g/mol. The third kappa shape index (κ3) is 4.86. The van der Waals surface area contributed by atoms with Crippen LogP contribution in [0.25, 0.3) is 0 Å². The lowest BCUT2D eigenvalue weighted by molar-refractivity contribution is 0.305. The number of aliphatic hydroxyl groups is 1. The van der Waals surface area contributed by atoms with E-state index in [1.165, 1.54) is 4.90 Å². The summed E-state index contributed by atoms with van der Waals surface area (Å²) in [5.41, 5.74) is 2.00. The van der Waals surface area contributed by atoms with Crippen LogP contribution in [0.2, 0.25) is 0 Å². The highest BCUT2D eigenvalue weighted by molar-refractivity contribution is 7.98. The maximum Gasteiger partial charge on any atom is 0.119 e. The first-order valence-electron chi connectivity index (χ1n) is 6.78. The molecule has 2 nitrogen and oxygen atoms in total. The number of hydrogen-bond donors (Lipinski definition) is 1. The molecule has 0 aliphatic heterocycles. The Hall–Kier alpha value is -1.89. The molecule has 2 aromatic rings. The van der Waals surface area contributed by atoms with E-state index >= 15 is 0 Å². The fraction of sp³-hybridized carbons (Fsp3) is 0.222. The van der Waals surface area contributed by atoms with Gasteiger partial charge in [0.1, 0.15) is 12.4 Å². The zero-order valence-electron chi connectivity index (χ0n) is 12.0. The average Bonchev–Trinajstić information content (AvgIpc) is 2.54. The van der Waals surface area contributed by atoms with Gasteiger partial charge in [0, 0.05) is 22.4 Å². The first kappa shape index (κ1) is 15.5. The van der Waals surface area contributed by atoms with Gasteiger partial charge in [-0.1, -0.05) is 30.0 Å². The highest BCUT2D eigenvalue weighted by atomic mass is 32.2. The maximum absolute atomic E-state index is 8.78. The van der Waals surface area contributed by atoms with Gasteiger partial charge in [0.05, 0.1) is 6.61 Å². The van der Waals surface area contributed by atoms with Gasteiger partial charge in [0.2, 0.25) is 0 Å². The molecule has 0 fully saturated rings. The summed E-state index contributed by atoms with van der Waals surface area (Å²) < 4.78 is 5.81. The lowest BCUT2D eigenvalue weighted by atomic mass is 10.1. The van der Waals surface area contributed by atoms with E-state index in [-0.39, 0.29) is 6.61 Å². The van der Waals surface area contributed by atoms with E-state index in [0.717, 1.165) is 16.9 Å². The molecular formula is C18H18O2S. The van der Waals surface area contributed by atoms with Crippen molar-refractivity contribution in [2.24, 2.45) is 0 Å². The second-order valence-corrected chi connectivity index (χ2v) is 5.28. The average molecular weight is 298 g/mol. The Kier molecular flexibility index (Phi) is 6.21. The largest absolute Gasteiger partial charge is 0.489 e. The van der Waals surface area contributed by atoms with Gasteiger partial charge < -0.3 is 9.84 Å². The van der Waals surface area contributed by atoms with Crippen LogP contribution in [0.4, 0.5) is 0 Å². The van der Waals surface area contributed by atoms with Crippen molar-refractivity contribution < 1.29 is 9.84 Å². The summed E-state index contributed by atoms with van der Waals surface area (Å²) in [6, 6.07) is 16.0. The van der Waals surface area contributed by atoms with Crippen molar-refractivity contribution >= 4 is 11.8 Å². The minimum Gasteiger partial charge on any atom is -0.489 e. The zero-order valence-corrected chi connectivity index (χ0v) is 12.8. The molecule has 0 radical (unpaired) electrons.